The summed E-state index contributed by atoms with van der Waals surface area (Å²) < 4.78 is 5.43. The average Bonchev–Trinajstić information content (AvgIpc) is 2.48. The summed E-state index contributed by atoms with van der Waals surface area (Å²) in [4.78, 5) is 13.9. The number of rotatable bonds is 0. The fraction of sp³-hybridized carbons (Fsp3) is 0.923. The largest absolute Gasteiger partial charge is 0.444 e. The van der Waals surface area contributed by atoms with Crippen molar-refractivity contribution in [1.29, 1.82) is 0 Å². The Labute approximate surface area is 104 Å². The predicted octanol–water partition coefficient (Wildman–Crippen LogP) is 1.85. The Morgan fingerprint density at radius 2 is 2.00 bits per heavy atom. The third-order valence-corrected chi connectivity index (χ3v) is 3.56. The van der Waals surface area contributed by atoms with Crippen molar-refractivity contribution < 1.29 is 9.53 Å². The number of likely N-dealkylation sites (tertiary alicyclic amines) is 1. The number of ether oxygens (including phenoxy) is 1. The van der Waals surface area contributed by atoms with E-state index < -0.39 is 0 Å². The van der Waals surface area contributed by atoms with Crippen molar-refractivity contribution in [2.75, 3.05) is 26.2 Å². The average molecular weight is 240 g/mol. The maximum Gasteiger partial charge on any atom is 0.410 e. The standard InChI is InChI=1S/C13H24N2O2/c1-13(2,3)17-12(16)15-8-10-5-4-6-14-7-11(10)9-15/h10-11,14H,4-9H2,1-3H3/t10-,11-/m0/s1. The Morgan fingerprint density at radius 3 is 2.71 bits per heavy atom. The molecule has 0 saturated carbocycles. The second-order valence-corrected chi connectivity index (χ2v) is 6.25. The van der Waals surface area contributed by atoms with Crippen molar-refractivity contribution in [3.05, 3.63) is 0 Å². The first-order chi connectivity index (χ1) is 7.96. The van der Waals surface area contributed by atoms with E-state index in [1.165, 1.54) is 12.8 Å². The molecule has 0 aromatic rings. The van der Waals surface area contributed by atoms with Gasteiger partial charge in [0.25, 0.3) is 0 Å². The number of hydrogen-bond donors (Lipinski definition) is 1. The molecule has 0 aromatic carbocycles. The van der Waals surface area contributed by atoms with E-state index in [0.29, 0.717) is 11.8 Å². The summed E-state index contributed by atoms with van der Waals surface area (Å²) in [7, 11) is 0. The first-order valence-electron chi connectivity index (χ1n) is 6.64. The number of nitrogens with one attached hydrogen (secondary N) is 1. The molecule has 2 saturated heterocycles. The zero-order valence-electron chi connectivity index (χ0n) is 11.2. The monoisotopic (exact) mass is 240 g/mol. The molecule has 98 valence electrons. The van der Waals surface area contributed by atoms with E-state index in [2.05, 4.69) is 5.32 Å². The molecule has 2 heterocycles. The van der Waals surface area contributed by atoms with Crippen LogP contribution < -0.4 is 5.32 Å². The van der Waals surface area contributed by atoms with Gasteiger partial charge in [0.2, 0.25) is 0 Å². The molecule has 0 radical (unpaired) electrons. The van der Waals surface area contributed by atoms with Gasteiger partial charge in [-0.15, -0.1) is 0 Å². The molecule has 2 fully saturated rings. The quantitative estimate of drug-likeness (QED) is 0.702. The van der Waals surface area contributed by atoms with Crippen molar-refractivity contribution >= 4 is 6.09 Å². The van der Waals surface area contributed by atoms with E-state index in [1.807, 2.05) is 25.7 Å². The van der Waals surface area contributed by atoms with Gasteiger partial charge in [0, 0.05) is 13.1 Å². The highest BCUT2D eigenvalue weighted by Crippen LogP contribution is 2.29. The Bertz CT molecular complexity index is 272. The van der Waals surface area contributed by atoms with Crippen LogP contribution in [0.15, 0.2) is 0 Å². The lowest BCUT2D eigenvalue weighted by Gasteiger charge is -2.24. The third kappa shape index (κ3) is 3.35. The van der Waals surface area contributed by atoms with Crippen LogP contribution in [0.25, 0.3) is 0 Å². The van der Waals surface area contributed by atoms with Gasteiger partial charge in [-0.2, -0.15) is 0 Å². The van der Waals surface area contributed by atoms with Gasteiger partial charge >= 0.3 is 6.09 Å². The predicted molar refractivity (Wildman–Crippen MR) is 66.9 cm³/mol. The summed E-state index contributed by atoms with van der Waals surface area (Å²) in [6.07, 6.45) is 2.31. The highest BCUT2D eigenvalue weighted by atomic mass is 16.6. The molecule has 4 heteroatoms. The van der Waals surface area contributed by atoms with Gasteiger partial charge in [0.1, 0.15) is 5.60 Å². The Kier molecular flexibility index (Phi) is 3.61. The number of amides is 1. The van der Waals surface area contributed by atoms with Crippen LogP contribution in [0, 0.1) is 11.8 Å². The molecular formula is C13H24N2O2. The van der Waals surface area contributed by atoms with Crippen LogP contribution >= 0.6 is 0 Å². The van der Waals surface area contributed by atoms with Gasteiger partial charge in [0.15, 0.2) is 0 Å². The molecule has 1 amide bonds. The second kappa shape index (κ2) is 4.84. The fourth-order valence-corrected chi connectivity index (χ4v) is 2.75. The normalized spacial score (nSPS) is 29.7. The highest BCUT2D eigenvalue weighted by Gasteiger charge is 2.37. The molecule has 1 N–H and O–H groups in total. The number of carbonyl (C=O) groups excluding carboxylic acids is 1. The molecule has 0 unspecified atom stereocenters. The molecule has 0 aromatic heterocycles. The lowest BCUT2D eigenvalue weighted by Crippen LogP contribution is -2.36. The fourth-order valence-electron chi connectivity index (χ4n) is 2.75. The number of hydrogen-bond acceptors (Lipinski definition) is 3. The molecule has 2 aliphatic rings. The van der Waals surface area contributed by atoms with Gasteiger partial charge in [-0.05, 0) is 58.5 Å². The maximum atomic E-state index is 12.0. The van der Waals surface area contributed by atoms with Crippen LogP contribution in [-0.2, 0) is 4.74 Å². The van der Waals surface area contributed by atoms with E-state index in [1.54, 1.807) is 0 Å². The number of carbonyl (C=O) groups is 1. The van der Waals surface area contributed by atoms with Crippen LogP contribution in [0.5, 0.6) is 0 Å². The van der Waals surface area contributed by atoms with Crippen LogP contribution in [0.1, 0.15) is 33.6 Å². The molecule has 2 atom stereocenters. The van der Waals surface area contributed by atoms with Crippen LogP contribution in [0.2, 0.25) is 0 Å². The van der Waals surface area contributed by atoms with E-state index in [-0.39, 0.29) is 11.7 Å². The van der Waals surface area contributed by atoms with Crippen LogP contribution in [-0.4, -0.2) is 42.8 Å². The Balaban J connectivity index is 1.90. The molecule has 0 spiro atoms. The lowest BCUT2D eigenvalue weighted by molar-refractivity contribution is 0.0283. The van der Waals surface area contributed by atoms with E-state index in [0.717, 1.165) is 26.2 Å². The summed E-state index contributed by atoms with van der Waals surface area (Å²) in [6.45, 7) is 9.65. The lowest BCUT2D eigenvalue weighted by atomic mass is 9.93. The van der Waals surface area contributed by atoms with Crippen molar-refractivity contribution in [3.63, 3.8) is 0 Å². The topological polar surface area (TPSA) is 41.6 Å². The molecular weight excluding hydrogens is 216 g/mol. The van der Waals surface area contributed by atoms with Gasteiger partial charge in [0.05, 0.1) is 0 Å². The number of nitrogens with zero attached hydrogens (tertiary/aromatic N) is 1. The minimum absolute atomic E-state index is 0.148. The SMILES string of the molecule is CC(C)(C)OC(=O)N1C[C@@H]2CCCNC[C@H]2C1. The van der Waals surface area contributed by atoms with Gasteiger partial charge in [-0.3, -0.25) is 0 Å². The Morgan fingerprint density at radius 1 is 1.29 bits per heavy atom. The third-order valence-electron chi connectivity index (χ3n) is 3.56. The minimum atomic E-state index is -0.389. The molecule has 2 rings (SSSR count). The highest BCUT2D eigenvalue weighted by molar-refractivity contribution is 5.68. The zero-order chi connectivity index (χ0) is 12.5. The molecule has 0 bridgehead atoms. The van der Waals surface area contributed by atoms with Crippen LogP contribution in [0.3, 0.4) is 0 Å². The van der Waals surface area contributed by atoms with Crippen molar-refractivity contribution in [1.82, 2.24) is 10.2 Å². The van der Waals surface area contributed by atoms with Crippen molar-refractivity contribution in [3.8, 4) is 0 Å². The summed E-state index contributed by atoms with van der Waals surface area (Å²) in [5, 5.41) is 3.45. The molecule has 17 heavy (non-hydrogen) atoms. The smallest absolute Gasteiger partial charge is 0.410 e. The van der Waals surface area contributed by atoms with Gasteiger partial charge < -0.3 is 15.0 Å². The Hall–Kier alpha value is -0.770. The molecule has 0 aliphatic carbocycles. The molecule has 2 aliphatic heterocycles. The van der Waals surface area contributed by atoms with Crippen molar-refractivity contribution in [2.24, 2.45) is 11.8 Å². The summed E-state index contributed by atoms with van der Waals surface area (Å²) in [5.74, 6) is 1.28. The van der Waals surface area contributed by atoms with Crippen molar-refractivity contribution in [2.45, 2.75) is 39.2 Å². The second-order valence-electron chi connectivity index (χ2n) is 6.25. The summed E-state index contributed by atoms with van der Waals surface area (Å²) in [5.41, 5.74) is -0.389. The number of fused-ring (bicyclic) bond motifs is 1. The van der Waals surface area contributed by atoms with Crippen LogP contribution in [0.4, 0.5) is 4.79 Å². The van der Waals surface area contributed by atoms with Gasteiger partial charge in [-0.25, -0.2) is 4.79 Å². The van der Waals surface area contributed by atoms with E-state index >= 15 is 0 Å². The van der Waals surface area contributed by atoms with E-state index in [9.17, 15) is 4.79 Å². The van der Waals surface area contributed by atoms with Gasteiger partial charge in [-0.1, -0.05) is 0 Å². The maximum absolute atomic E-state index is 12.0. The molecule has 4 nitrogen and oxygen atoms in total. The zero-order valence-corrected chi connectivity index (χ0v) is 11.2. The first-order valence-corrected chi connectivity index (χ1v) is 6.64. The first kappa shape index (κ1) is 12.7. The van der Waals surface area contributed by atoms with E-state index in [4.69, 9.17) is 4.74 Å². The minimum Gasteiger partial charge on any atom is -0.444 e. The summed E-state index contributed by atoms with van der Waals surface area (Å²) >= 11 is 0. The summed E-state index contributed by atoms with van der Waals surface area (Å²) in [6, 6.07) is 0.